The summed E-state index contributed by atoms with van der Waals surface area (Å²) in [5, 5.41) is 0. The monoisotopic (exact) mass is 392 g/mol. The summed E-state index contributed by atoms with van der Waals surface area (Å²) in [5.41, 5.74) is 1.38. The van der Waals surface area contributed by atoms with E-state index in [9.17, 15) is 13.2 Å². The predicted octanol–water partition coefficient (Wildman–Crippen LogP) is 1.94. The van der Waals surface area contributed by atoms with Crippen LogP contribution in [0.5, 0.6) is 0 Å². The molecule has 1 aliphatic rings. The fraction of sp³-hybridized carbons (Fsp3) is 0.474. The van der Waals surface area contributed by atoms with E-state index in [4.69, 9.17) is 9.15 Å². The van der Waals surface area contributed by atoms with Crippen LogP contribution in [0.15, 0.2) is 41.0 Å². The van der Waals surface area contributed by atoms with Gasteiger partial charge in [-0.2, -0.15) is 0 Å². The van der Waals surface area contributed by atoms with Gasteiger partial charge in [0, 0.05) is 31.9 Å². The Kier molecular flexibility index (Phi) is 6.28. The van der Waals surface area contributed by atoms with Crippen LogP contribution in [0.2, 0.25) is 0 Å². The van der Waals surface area contributed by atoms with E-state index in [1.165, 1.54) is 6.26 Å². The van der Waals surface area contributed by atoms with Gasteiger partial charge in [0.2, 0.25) is 11.8 Å². The molecule has 3 rings (SSSR count). The number of oxazole rings is 1. The number of carbonyl (C=O) groups excluding carboxylic acids is 1. The lowest BCUT2D eigenvalue weighted by Gasteiger charge is -2.28. The van der Waals surface area contributed by atoms with Gasteiger partial charge in [0.1, 0.15) is 6.26 Å². The zero-order chi connectivity index (χ0) is 19.3. The molecule has 1 amide bonds. The molecule has 2 aromatic rings. The standard InChI is InChI=1S/C19H24N2O5S/c1-25-10-5-9-21(17-8-11-27(23,24)14-17)18(22)12-16-13-26-19(20-16)15-6-3-2-4-7-15/h2-4,6-7,13,17H,5,8-12,14H2,1H3. The Morgan fingerprint density at radius 3 is 2.78 bits per heavy atom. The van der Waals surface area contributed by atoms with Gasteiger partial charge in [0.15, 0.2) is 9.84 Å². The molecule has 1 saturated heterocycles. The Morgan fingerprint density at radius 1 is 1.33 bits per heavy atom. The number of methoxy groups -OCH3 is 1. The van der Waals surface area contributed by atoms with Crippen molar-refractivity contribution in [3.8, 4) is 11.5 Å². The van der Waals surface area contributed by atoms with Crippen LogP contribution in [0.3, 0.4) is 0 Å². The Hall–Kier alpha value is -2.19. The van der Waals surface area contributed by atoms with E-state index in [1.54, 1.807) is 12.0 Å². The summed E-state index contributed by atoms with van der Waals surface area (Å²) < 4.78 is 34.2. The molecule has 27 heavy (non-hydrogen) atoms. The SMILES string of the molecule is COCCCN(C(=O)Cc1coc(-c2ccccc2)n1)C1CCS(=O)(=O)C1. The van der Waals surface area contributed by atoms with Crippen LogP contribution >= 0.6 is 0 Å². The highest BCUT2D eigenvalue weighted by Crippen LogP contribution is 2.21. The van der Waals surface area contributed by atoms with Gasteiger partial charge in [-0.25, -0.2) is 13.4 Å². The van der Waals surface area contributed by atoms with Gasteiger partial charge >= 0.3 is 0 Å². The highest BCUT2D eigenvalue weighted by atomic mass is 32.2. The normalized spacial score (nSPS) is 18.5. The number of rotatable bonds is 8. The van der Waals surface area contributed by atoms with Crippen LogP contribution < -0.4 is 0 Å². The number of benzene rings is 1. The van der Waals surface area contributed by atoms with E-state index in [0.29, 0.717) is 37.6 Å². The second-order valence-corrected chi connectivity index (χ2v) is 8.91. The van der Waals surface area contributed by atoms with Crippen molar-refractivity contribution in [1.29, 1.82) is 0 Å². The third-order valence-corrected chi connectivity index (χ3v) is 6.37. The second-order valence-electron chi connectivity index (χ2n) is 6.68. The smallest absolute Gasteiger partial charge is 0.228 e. The predicted molar refractivity (Wildman–Crippen MR) is 101 cm³/mol. The number of amides is 1. The van der Waals surface area contributed by atoms with E-state index in [2.05, 4.69) is 4.98 Å². The van der Waals surface area contributed by atoms with Gasteiger partial charge in [-0.3, -0.25) is 4.79 Å². The third-order valence-electron chi connectivity index (χ3n) is 4.62. The van der Waals surface area contributed by atoms with Crippen molar-refractivity contribution in [3.63, 3.8) is 0 Å². The molecule has 0 saturated carbocycles. The van der Waals surface area contributed by atoms with Crippen molar-refractivity contribution in [3.05, 3.63) is 42.3 Å². The molecule has 146 valence electrons. The summed E-state index contributed by atoms with van der Waals surface area (Å²) in [6.45, 7) is 0.988. The van der Waals surface area contributed by atoms with E-state index in [-0.39, 0.29) is 29.9 Å². The first kappa shape index (κ1) is 19.6. The number of nitrogens with zero attached hydrogens (tertiary/aromatic N) is 2. The fourth-order valence-electron chi connectivity index (χ4n) is 3.27. The van der Waals surface area contributed by atoms with Crippen LogP contribution in [0, 0.1) is 0 Å². The second kappa shape index (κ2) is 8.67. The Balaban J connectivity index is 1.69. The number of carbonyl (C=O) groups is 1. The van der Waals surface area contributed by atoms with Crippen molar-refractivity contribution in [2.45, 2.75) is 25.3 Å². The Morgan fingerprint density at radius 2 is 2.11 bits per heavy atom. The van der Waals surface area contributed by atoms with Crippen LogP contribution in [0.25, 0.3) is 11.5 Å². The molecule has 1 aliphatic heterocycles. The number of hydrogen-bond acceptors (Lipinski definition) is 6. The zero-order valence-electron chi connectivity index (χ0n) is 15.3. The van der Waals surface area contributed by atoms with Crippen LogP contribution in [-0.4, -0.2) is 62.0 Å². The molecule has 0 aliphatic carbocycles. The van der Waals surface area contributed by atoms with Crippen LogP contribution in [0.1, 0.15) is 18.5 Å². The first-order valence-corrected chi connectivity index (χ1v) is 10.8. The summed E-state index contributed by atoms with van der Waals surface area (Å²) in [6, 6.07) is 9.19. The van der Waals surface area contributed by atoms with Crippen LogP contribution in [-0.2, 0) is 25.8 Å². The summed E-state index contributed by atoms with van der Waals surface area (Å²) in [6.07, 6.45) is 2.71. The summed E-state index contributed by atoms with van der Waals surface area (Å²) in [5.74, 6) is 0.488. The fourth-order valence-corrected chi connectivity index (χ4v) is 5.00. The average Bonchev–Trinajstić information content (AvgIpc) is 3.25. The molecule has 8 heteroatoms. The van der Waals surface area contributed by atoms with Crippen LogP contribution in [0.4, 0.5) is 0 Å². The Labute approximate surface area is 159 Å². The summed E-state index contributed by atoms with van der Waals surface area (Å²) >= 11 is 0. The molecule has 0 spiro atoms. The number of ether oxygens (including phenoxy) is 1. The van der Waals surface area contributed by atoms with Crippen molar-refractivity contribution in [1.82, 2.24) is 9.88 Å². The molecule has 1 aromatic carbocycles. The quantitative estimate of drug-likeness (QED) is 0.638. The van der Waals surface area contributed by atoms with E-state index >= 15 is 0 Å². The van der Waals surface area contributed by atoms with E-state index in [1.807, 2.05) is 30.3 Å². The van der Waals surface area contributed by atoms with Crippen molar-refractivity contribution in [2.75, 3.05) is 31.8 Å². The van der Waals surface area contributed by atoms with Gasteiger partial charge < -0.3 is 14.1 Å². The highest BCUT2D eigenvalue weighted by Gasteiger charge is 2.34. The molecule has 0 N–H and O–H groups in total. The molecule has 2 heterocycles. The van der Waals surface area contributed by atoms with Gasteiger partial charge in [-0.1, -0.05) is 18.2 Å². The minimum absolute atomic E-state index is 0.0276. The lowest BCUT2D eigenvalue weighted by Crippen LogP contribution is -2.43. The van der Waals surface area contributed by atoms with Crippen molar-refractivity contribution < 1.29 is 22.4 Å². The molecule has 1 atom stereocenters. The molecule has 1 unspecified atom stereocenters. The number of hydrogen-bond donors (Lipinski definition) is 0. The van der Waals surface area contributed by atoms with E-state index in [0.717, 1.165) is 5.56 Å². The number of aromatic nitrogens is 1. The van der Waals surface area contributed by atoms with Crippen molar-refractivity contribution >= 4 is 15.7 Å². The van der Waals surface area contributed by atoms with Crippen molar-refractivity contribution in [2.24, 2.45) is 0 Å². The minimum atomic E-state index is -3.07. The molecule has 1 fully saturated rings. The van der Waals surface area contributed by atoms with E-state index < -0.39 is 9.84 Å². The average molecular weight is 392 g/mol. The van der Waals surface area contributed by atoms with Gasteiger partial charge in [-0.05, 0) is 25.0 Å². The molecule has 7 nitrogen and oxygen atoms in total. The summed E-state index contributed by atoms with van der Waals surface area (Å²) in [4.78, 5) is 18.9. The van der Waals surface area contributed by atoms with Gasteiger partial charge in [-0.15, -0.1) is 0 Å². The lowest BCUT2D eigenvalue weighted by atomic mass is 10.1. The molecule has 0 bridgehead atoms. The highest BCUT2D eigenvalue weighted by molar-refractivity contribution is 7.91. The third kappa shape index (κ3) is 5.17. The topological polar surface area (TPSA) is 89.7 Å². The largest absolute Gasteiger partial charge is 0.444 e. The molecule has 1 aromatic heterocycles. The molecular weight excluding hydrogens is 368 g/mol. The maximum absolute atomic E-state index is 12.9. The molecule has 0 radical (unpaired) electrons. The number of sulfone groups is 1. The minimum Gasteiger partial charge on any atom is -0.444 e. The zero-order valence-corrected chi connectivity index (χ0v) is 16.2. The molecular formula is C19H24N2O5S. The summed E-state index contributed by atoms with van der Waals surface area (Å²) in [7, 11) is -1.46. The Bertz CT molecular complexity index is 863. The first-order chi connectivity index (χ1) is 13.0. The maximum Gasteiger partial charge on any atom is 0.228 e. The first-order valence-electron chi connectivity index (χ1n) is 8.97. The van der Waals surface area contributed by atoms with Gasteiger partial charge in [0.25, 0.3) is 0 Å². The maximum atomic E-state index is 12.9. The van der Waals surface area contributed by atoms with Gasteiger partial charge in [0.05, 0.1) is 23.6 Å². The lowest BCUT2D eigenvalue weighted by molar-refractivity contribution is -0.132.